The molecular formula is C21H22N2O3S. The topological polar surface area (TPSA) is 67.4 Å². The van der Waals surface area contributed by atoms with Crippen molar-refractivity contribution in [2.75, 3.05) is 13.7 Å². The number of rotatable bonds is 8. The molecule has 1 heterocycles. The SMILES string of the molecule is COc1ccc2cc(CNC(=O)CCCNC(=O)c3ccsc3)ccc2c1. The van der Waals surface area contributed by atoms with Gasteiger partial charge in [-0.3, -0.25) is 9.59 Å². The largest absolute Gasteiger partial charge is 0.497 e. The van der Waals surface area contributed by atoms with Gasteiger partial charge in [0, 0.05) is 30.5 Å². The van der Waals surface area contributed by atoms with Gasteiger partial charge in [-0.05, 0) is 52.4 Å². The molecule has 0 aliphatic rings. The first-order valence-corrected chi connectivity index (χ1v) is 9.74. The molecule has 5 nitrogen and oxygen atoms in total. The van der Waals surface area contributed by atoms with Crippen LogP contribution < -0.4 is 15.4 Å². The van der Waals surface area contributed by atoms with Crippen LogP contribution in [0.15, 0.2) is 53.2 Å². The minimum atomic E-state index is -0.0931. The summed E-state index contributed by atoms with van der Waals surface area (Å²) in [5, 5.41) is 11.6. The van der Waals surface area contributed by atoms with E-state index in [2.05, 4.69) is 16.7 Å². The van der Waals surface area contributed by atoms with E-state index in [4.69, 9.17) is 4.74 Å². The third-order valence-corrected chi connectivity index (χ3v) is 4.93. The van der Waals surface area contributed by atoms with Crippen molar-refractivity contribution >= 4 is 33.9 Å². The molecule has 1 aromatic heterocycles. The summed E-state index contributed by atoms with van der Waals surface area (Å²) in [6.45, 7) is 0.974. The molecule has 0 unspecified atom stereocenters. The summed E-state index contributed by atoms with van der Waals surface area (Å²) in [6.07, 6.45) is 0.994. The number of ether oxygens (including phenoxy) is 1. The van der Waals surface area contributed by atoms with Crippen molar-refractivity contribution in [3.05, 3.63) is 64.4 Å². The Labute approximate surface area is 162 Å². The van der Waals surface area contributed by atoms with Crippen molar-refractivity contribution in [1.82, 2.24) is 10.6 Å². The number of carbonyl (C=O) groups is 2. The average molecular weight is 382 g/mol. The molecule has 2 aromatic carbocycles. The lowest BCUT2D eigenvalue weighted by Gasteiger charge is -2.08. The number of nitrogens with one attached hydrogen (secondary N) is 2. The molecule has 0 bridgehead atoms. The quantitative estimate of drug-likeness (QED) is 0.583. The molecule has 2 N–H and O–H groups in total. The molecule has 0 aliphatic carbocycles. The maximum absolute atomic E-state index is 12.0. The maximum Gasteiger partial charge on any atom is 0.252 e. The van der Waals surface area contributed by atoms with E-state index in [1.54, 1.807) is 13.2 Å². The van der Waals surface area contributed by atoms with E-state index < -0.39 is 0 Å². The van der Waals surface area contributed by atoms with Crippen LogP contribution in [0.5, 0.6) is 5.75 Å². The Balaban J connectivity index is 1.41. The second kappa shape index (κ2) is 9.19. The highest BCUT2D eigenvalue weighted by atomic mass is 32.1. The minimum Gasteiger partial charge on any atom is -0.497 e. The number of methoxy groups -OCH3 is 1. The third-order valence-electron chi connectivity index (χ3n) is 4.25. The van der Waals surface area contributed by atoms with Crippen LogP contribution >= 0.6 is 11.3 Å². The van der Waals surface area contributed by atoms with E-state index in [1.807, 2.05) is 41.1 Å². The zero-order chi connectivity index (χ0) is 19.1. The van der Waals surface area contributed by atoms with Crippen LogP contribution in [0.4, 0.5) is 0 Å². The highest BCUT2D eigenvalue weighted by molar-refractivity contribution is 7.08. The van der Waals surface area contributed by atoms with Crippen LogP contribution in [-0.2, 0) is 11.3 Å². The molecule has 0 fully saturated rings. The van der Waals surface area contributed by atoms with Gasteiger partial charge in [0.2, 0.25) is 5.91 Å². The first-order valence-electron chi connectivity index (χ1n) is 8.79. The number of amides is 2. The highest BCUT2D eigenvalue weighted by Crippen LogP contribution is 2.21. The zero-order valence-corrected chi connectivity index (χ0v) is 16.0. The standard InChI is InChI=1S/C21H22N2O3S/c1-26-19-7-6-16-11-15(4-5-17(16)12-19)13-23-20(24)3-2-9-22-21(25)18-8-10-27-14-18/h4-8,10-12,14H,2-3,9,13H2,1H3,(H,22,25)(H,23,24). The van der Waals surface area contributed by atoms with Crippen LogP contribution in [0.3, 0.4) is 0 Å². The Hall–Kier alpha value is -2.86. The molecule has 0 aliphatic heterocycles. The molecule has 0 spiro atoms. The van der Waals surface area contributed by atoms with Gasteiger partial charge in [-0.15, -0.1) is 0 Å². The summed E-state index contributed by atoms with van der Waals surface area (Å²) < 4.78 is 5.23. The van der Waals surface area contributed by atoms with Gasteiger partial charge in [0.05, 0.1) is 7.11 Å². The van der Waals surface area contributed by atoms with E-state index in [0.717, 1.165) is 22.1 Å². The van der Waals surface area contributed by atoms with Gasteiger partial charge >= 0.3 is 0 Å². The predicted octanol–water partition coefficient (Wildman–Crippen LogP) is 3.74. The summed E-state index contributed by atoms with van der Waals surface area (Å²) >= 11 is 1.49. The van der Waals surface area contributed by atoms with Crippen molar-refractivity contribution in [2.45, 2.75) is 19.4 Å². The fourth-order valence-corrected chi connectivity index (χ4v) is 3.38. The Kier molecular flexibility index (Phi) is 6.44. The van der Waals surface area contributed by atoms with Crippen LogP contribution in [0, 0.1) is 0 Å². The fourth-order valence-electron chi connectivity index (χ4n) is 2.75. The van der Waals surface area contributed by atoms with Gasteiger partial charge in [-0.25, -0.2) is 0 Å². The van der Waals surface area contributed by atoms with Crippen LogP contribution in [0.2, 0.25) is 0 Å². The maximum atomic E-state index is 12.0. The summed E-state index contributed by atoms with van der Waals surface area (Å²) in [7, 11) is 1.65. The van der Waals surface area contributed by atoms with Gasteiger partial charge < -0.3 is 15.4 Å². The first kappa shape index (κ1) is 18.9. The normalized spacial score (nSPS) is 10.6. The number of carbonyl (C=O) groups excluding carboxylic acids is 2. The third kappa shape index (κ3) is 5.31. The number of hydrogen-bond donors (Lipinski definition) is 2. The first-order chi connectivity index (χ1) is 13.2. The van der Waals surface area contributed by atoms with E-state index in [9.17, 15) is 9.59 Å². The molecule has 27 heavy (non-hydrogen) atoms. The lowest BCUT2D eigenvalue weighted by Crippen LogP contribution is -2.27. The molecule has 3 rings (SSSR count). The Morgan fingerprint density at radius 1 is 1.04 bits per heavy atom. The van der Waals surface area contributed by atoms with Gasteiger partial charge in [0.1, 0.15) is 5.75 Å². The number of benzene rings is 2. The van der Waals surface area contributed by atoms with E-state index in [1.165, 1.54) is 11.3 Å². The zero-order valence-electron chi connectivity index (χ0n) is 15.2. The van der Waals surface area contributed by atoms with E-state index in [0.29, 0.717) is 31.5 Å². The minimum absolute atomic E-state index is 0.0189. The molecule has 140 valence electrons. The summed E-state index contributed by atoms with van der Waals surface area (Å²) in [4.78, 5) is 23.8. The second-order valence-electron chi connectivity index (χ2n) is 6.20. The van der Waals surface area contributed by atoms with Gasteiger partial charge in [-0.2, -0.15) is 11.3 Å². The lowest BCUT2D eigenvalue weighted by molar-refractivity contribution is -0.121. The molecule has 0 atom stereocenters. The lowest BCUT2D eigenvalue weighted by atomic mass is 10.1. The van der Waals surface area contributed by atoms with E-state index in [-0.39, 0.29) is 11.8 Å². The van der Waals surface area contributed by atoms with Gasteiger partial charge in [-0.1, -0.05) is 18.2 Å². The molecule has 0 saturated heterocycles. The molecule has 6 heteroatoms. The van der Waals surface area contributed by atoms with Crippen molar-refractivity contribution < 1.29 is 14.3 Å². The van der Waals surface area contributed by atoms with Crippen molar-refractivity contribution in [1.29, 1.82) is 0 Å². The molecular weight excluding hydrogens is 360 g/mol. The fraction of sp³-hybridized carbons (Fsp3) is 0.238. The van der Waals surface area contributed by atoms with Gasteiger partial charge in [0.15, 0.2) is 0 Å². The summed E-state index contributed by atoms with van der Waals surface area (Å²) in [6, 6.07) is 13.8. The molecule has 0 saturated carbocycles. The highest BCUT2D eigenvalue weighted by Gasteiger charge is 2.06. The van der Waals surface area contributed by atoms with Crippen molar-refractivity contribution in [3.8, 4) is 5.75 Å². The molecule has 0 radical (unpaired) electrons. The van der Waals surface area contributed by atoms with Crippen LogP contribution in [-0.4, -0.2) is 25.5 Å². The Morgan fingerprint density at radius 3 is 2.63 bits per heavy atom. The molecule has 3 aromatic rings. The summed E-state index contributed by atoms with van der Waals surface area (Å²) in [5.74, 6) is 0.716. The van der Waals surface area contributed by atoms with Crippen molar-refractivity contribution in [2.24, 2.45) is 0 Å². The predicted molar refractivity (Wildman–Crippen MR) is 108 cm³/mol. The smallest absolute Gasteiger partial charge is 0.252 e. The Morgan fingerprint density at radius 2 is 1.85 bits per heavy atom. The average Bonchev–Trinajstić information content (AvgIpc) is 3.24. The van der Waals surface area contributed by atoms with Crippen LogP contribution in [0.25, 0.3) is 10.8 Å². The monoisotopic (exact) mass is 382 g/mol. The Bertz CT molecular complexity index is 922. The number of fused-ring (bicyclic) bond motifs is 1. The van der Waals surface area contributed by atoms with Gasteiger partial charge in [0.25, 0.3) is 5.91 Å². The summed E-state index contributed by atoms with van der Waals surface area (Å²) in [5.41, 5.74) is 1.71. The number of thiophene rings is 1. The van der Waals surface area contributed by atoms with Crippen LogP contribution in [0.1, 0.15) is 28.8 Å². The van der Waals surface area contributed by atoms with E-state index >= 15 is 0 Å². The van der Waals surface area contributed by atoms with Crippen molar-refractivity contribution in [3.63, 3.8) is 0 Å². The molecule has 2 amide bonds. The second-order valence-corrected chi connectivity index (χ2v) is 6.98. The number of hydrogen-bond acceptors (Lipinski definition) is 4.